The number of carbonyl (C=O) groups is 2. The van der Waals surface area contributed by atoms with Crippen LogP contribution >= 0.6 is 23.5 Å². The van der Waals surface area contributed by atoms with Crippen molar-refractivity contribution in [2.24, 2.45) is 5.92 Å². The first kappa shape index (κ1) is 21.7. The fraction of sp³-hybridized carbons (Fsp3) is 0.611. The lowest BCUT2D eigenvalue weighted by Crippen LogP contribution is -2.60. The van der Waals surface area contributed by atoms with E-state index in [1.165, 1.54) is 28.4 Å². The number of nitrogens with zero attached hydrogens (tertiary/aromatic N) is 1. The Kier molecular flexibility index (Phi) is 6.20. The number of hydrogen-bond acceptors (Lipinski definition) is 10. The van der Waals surface area contributed by atoms with Gasteiger partial charge in [0.1, 0.15) is 5.37 Å². The number of aryl methyl sites for hydroxylation is 1. The Hall–Kier alpha value is -1.50. The molecule has 3 aliphatic heterocycles. The van der Waals surface area contributed by atoms with Crippen LogP contribution in [-0.4, -0.2) is 54.3 Å². The predicted octanol–water partition coefficient (Wildman–Crippen LogP) is 1.17. The van der Waals surface area contributed by atoms with Gasteiger partial charge in [-0.3, -0.25) is 13.9 Å². The minimum atomic E-state index is -0.870. The molecule has 0 aliphatic carbocycles. The molecule has 0 spiro atoms. The molecule has 1 aromatic heterocycles. The van der Waals surface area contributed by atoms with Gasteiger partial charge in [0.2, 0.25) is 5.91 Å². The van der Waals surface area contributed by atoms with E-state index in [0.717, 1.165) is 6.42 Å². The standard InChI is InChI=1S/C18H21NO8S3/c1-3-10-11(27-18(23)26-10)6-25-16(22)13-17(28-9-4-5-30(24)7-9)29-15-12(8(2)20)14(21)19(13)15/h8-9,12,15,20H,3-7H2,1-2H3/t8-,9+,12+,15-,30-/m1/s1. The summed E-state index contributed by atoms with van der Waals surface area (Å²) in [4.78, 5) is 38.2. The van der Waals surface area contributed by atoms with E-state index in [0.29, 0.717) is 27.9 Å². The number of aliphatic hydroxyl groups is 1. The van der Waals surface area contributed by atoms with Gasteiger partial charge < -0.3 is 18.7 Å². The van der Waals surface area contributed by atoms with E-state index in [2.05, 4.69) is 0 Å². The monoisotopic (exact) mass is 475 g/mol. The molecule has 0 saturated carbocycles. The molecule has 1 amide bonds. The average Bonchev–Trinajstić information content (AvgIpc) is 3.35. The lowest BCUT2D eigenvalue weighted by Gasteiger charge is -2.43. The van der Waals surface area contributed by atoms with Gasteiger partial charge in [0.25, 0.3) is 0 Å². The van der Waals surface area contributed by atoms with Gasteiger partial charge >= 0.3 is 11.8 Å². The zero-order valence-corrected chi connectivity index (χ0v) is 18.8. The van der Waals surface area contributed by atoms with Crippen LogP contribution in [0.4, 0.5) is 0 Å². The lowest BCUT2D eigenvalue weighted by molar-refractivity contribution is -0.158. The Morgan fingerprint density at radius 2 is 2.13 bits per heavy atom. The number of ether oxygens (including phenoxy) is 1. The first-order valence-electron chi connectivity index (χ1n) is 9.52. The number of hydrogen-bond donors (Lipinski definition) is 1. The lowest BCUT2D eigenvalue weighted by atomic mass is 9.92. The maximum absolute atomic E-state index is 12.9. The van der Waals surface area contributed by atoms with Crippen LogP contribution in [-0.2, 0) is 38.2 Å². The fourth-order valence-corrected chi connectivity index (χ4v) is 8.87. The Balaban J connectivity index is 1.54. The Bertz CT molecular complexity index is 980. The molecular formula is C18H21NO8S3. The van der Waals surface area contributed by atoms with Crippen molar-refractivity contribution in [3.63, 3.8) is 0 Å². The highest BCUT2D eigenvalue weighted by molar-refractivity contribution is 8.23. The van der Waals surface area contributed by atoms with Crippen LogP contribution in [0.15, 0.2) is 23.6 Å². The predicted molar refractivity (Wildman–Crippen MR) is 111 cm³/mol. The summed E-state index contributed by atoms with van der Waals surface area (Å²) in [6, 6.07) is 0. The van der Waals surface area contributed by atoms with E-state index in [-0.39, 0.29) is 34.6 Å². The maximum Gasteiger partial charge on any atom is 0.519 e. The number of rotatable bonds is 7. The SMILES string of the molecule is CCc1oc(=O)oc1COC(=O)C1=C(S[C@H]2CC[S@@](=O)C2)S[C@@H]2[C@@H]([C@@H](C)O)C(=O)N12. The first-order chi connectivity index (χ1) is 14.3. The molecule has 4 rings (SSSR count). The maximum atomic E-state index is 12.9. The molecule has 0 radical (unpaired) electrons. The molecule has 0 bridgehead atoms. The largest absolute Gasteiger partial charge is 0.519 e. The highest BCUT2D eigenvalue weighted by Gasteiger charge is 2.58. The quantitative estimate of drug-likeness (QED) is 0.453. The van der Waals surface area contributed by atoms with Crippen LogP contribution in [0.1, 0.15) is 31.8 Å². The Labute approximate surface area is 183 Å². The number of aliphatic hydroxyl groups excluding tert-OH is 1. The number of fused-ring (bicyclic) bond motifs is 1. The topological polar surface area (TPSA) is 127 Å². The first-order valence-corrected chi connectivity index (χ1v) is 12.8. The molecule has 4 heterocycles. The van der Waals surface area contributed by atoms with Crippen molar-refractivity contribution in [2.75, 3.05) is 11.5 Å². The van der Waals surface area contributed by atoms with Crippen LogP contribution in [0.25, 0.3) is 0 Å². The molecule has 5 atom stereocenters. The van der Waals surface area contributed by atoms with E-state index in [4.69, 9.17) is 13.6 Å². The van der Waals surface area contributed by atoms with Crippen molar-refractivity contribution in [3.05, 3.63) is 32.1 Å². The zero-order chi connectivity index (χ0) is 21.6. The molecule has 2 saturated heterocycles. The molecule has 164 valence electrons. The van der Waals surface area contributed by atoms with Crippen LogP contribution in [0.5, 0.6) is 0 Å². The van der Waals surface area contributed by atoms with Crippen molar-refractivity contribution >= 4 is 46.2 Å². The number of thioether (sulfide) groups is 2. The molecule has 1 N–H and O–H groups in total. The summed E-state index contributed by atoms with van der Waals surface area (Å²) in [6.45, 7) is 3.03. The van der Waals surface area contributed by atoms with Gasteiger partial charge in [0, 0.05) is 34.0 Å². The second-order valence-electron chi connectivity index (χ2n) is 7.19. The summed E-state index contributed by atoms with van der Waals surface area (Å²) in [5.74, 6) is -0.899. The van der Waals surface area contributed by atoms with Gasteiger partial charge in [0.15, 0.2) is 23.8 Å². The van der Waals surface area contributed by atoms with Gasteiger partial charge in [0.05, 0.1) is 16.3 Å². The van der Waals surface area contributed by atoms with Crippen molar-refractivity contribution < 1.29 is 32.5 Å². The van der Waals surface area contributed by atoms with E-state index < -0.39 is 34.6 Å². The van der Waals surface area contributed by atoms with Crippen LogP contribution < -0.4 is 5.82 Å². The van der Waals surface area contributed by atoms with Crippen LogP contribution in [0.2, 0.25) is 0 Å². The number of esters is 1. The summed E-state index contributed by atoms with van der Waals surface area (Å²) in [7, 11) is -0.870. The minimum absolute atomic E-state index is 0.0912. The fourth-order valence-electron chi connectivity index (χ4n) is 3.62. The summed E-state index contributed by atoms with van der Waals surface area (Å²) >= 11 is 2.79. The number of β-lactam (4-membered cyclic amide) rings is 1. The second-order valence-corrected chi connectivity index (χ2v) is 11.5. The smallest absolute Gasteiger partial charge is 0.453 e. The van der Waals surface area contributed by atoms with Gasteiger partial charge in [-0.1, -0.05) is 18.7 Å². The van der Waals surface area contributed by atoms with Crippen molar-refractivity contribution in [3.8, 4) is 0 Å². The molecule has 9 nitrogen and oxygen atoms in total. The van der Waals surface area contributed by atoms with Crippen LogP contribution in [0, 0.1) is 5.92 Å². The molecule has 1 aromatic rings. The van der Waals surface area contributed by atoms with E-state index in [1.54, 1.807) is 13.8 Å². The third-order valence-corrected chi connectivity index (χ3v) is 9.70. The minimum Gasteiger partial charge on any atom is -0.453 e. The van der Waals surface area contributed by atoms with Gasteiger partial charge in [-0.25, -0.2) is 9.59 Å². The van der Waals surface area contributed by atoms with Crippen LogP contribution in [0.3, 0.4) is 0 Å². The van der Waals surface area contributed by atoms with E-state index in [1.807, 2.05) is 0 Å². The third-order valence-electron chi connectivity index (χ3n) is 5.15. The molecule has 3 aliphatic rings. The van der Waals surface area contributed by atoms with Gasteiger partial charge in [-0.05, 0) is 13.3 Å². The van der Waals surface area contributed by atoms with Crippen molar-refractivity contribution in [1.29, 1.82) is 0 Å². The summed E-state index contributed by atoms with van der Waals surface area (Å²) in [6.07, 6.45) is 0.335. The summed E-state index contributed by atoms with van der Waals surface area (Å²) in [5.41, 5.74) is 0.137. The van der Waals surface area contributed by atoms with Crippen molar-refractivity contribution in [2.45, 2.75) is 50.0 Å². The normalized spacial score (nSPS) is 29.2. The van der Waals surface area contributed by atoms with E-state index in [9.17, 15) is 23.7 Å². The Morgan fingerprint density at radius 3 is 2.77 bits per heavy atom. The molecule has 0 unspecified atom stereocenters. The average molecular weight is 476 g/mol. The number of carbonyl (C=O) groups excluding carboxylic acids is 2. The Morgan fingerprint density at radius 1 is 1.40 bits per heavy atom. The summed E-state index contributed by atoms with van der Waals surface area (Å²) in [5, 5.41) is 9.66. The van der Waals surface area contributed by atoms with Gasteiger partial charge in [-0.2, -0.15) is 0 Å². The zero-order valence-electron chi connectivity index (χ0n) is 16.3. The molecule has 0 aromatic carbocycles. The molecule has 12 heteroatoms. The molecule has 30 heavy (non-hydrogen) atoms. The highest BCUT2D eigenvalue weighted by Crippen LogP contribution is 2.55. The number of amides is 1. The molecular weight excluding hydrogens is 454 g/mol. The molecule has 2 fully saturated rings. The summed E-state index contributed by atoms with van der Waals surface area (Å²) < 4.78 is 27.5. The third kappa shape index (κ3) is 3.90. The van der Waals surface area contributed by atoms with Crippen molar-refractivity contribution in [1.82, 2.24) is 4.90 Å². The second kappa shape index (κ2) is 8.56. The van der Waals surface area contributed by atoms with Gasteiger partial charge in [-0.15, -0.1) is 11.8 Å². The van der Waals surface area contributed by atoms with E-state index >= 15 is 0 Å². The highest BCUT2D eigenvalue weighted by atomic mass is 32.2.